The summed E-state index contributed by atoms with van der Waals surface area (Å²) in [5.41, 5.74) is 0.763. The van der Waals surface area contributed by atoms with Gasteiger partial charge >= 0.3 is 0 Å². The van der Waals surface area contributed by atoms with Crippen LogP contribution in [0.5, 0.6) is 0 Å². The van der Waals surface area contributed by atoms with E-state index in [4.69, 9.17) is 4.98 Å². The largest absolute Gasteiger partial charge is 0.351 e. The molecule has 0 fully saturated rings. The van der Waals surface area contributed by atoms with Crippen LogP contribution in [0.1, 0.15) is 57.5 Å². The SMILES string of the molecule is CCC(C)(C)NC(=O)CSc1nc2sc(C)c(C)c2c(=O)n1C(C)C. The van der Waals surface area contributed by atoms with Gasteiger partial charge in [0.15, 0.2) is 5.16 Å². The van der Waals surface area contributed by atoms with Crippen LogP contribution in [-0.2, 0) is 4.79 Å². The Morgan fingerprint density at radius 3 is 2.56 bits per heavy atom. The van der Waals surface area contributed by atoms with Crippen molar-refractivity contribution < 1.29 is 4.79 Å². The van der Waals surface area contributed by atoms with Crippen LogP contribution in [0.2, 0.25) is 0 Å². The monoisotopic (exact) mass is 381 g/mol. The lowest BCUT2D eigenvalue weighted by molar-refractivity contribution is -0.120. The van der Waals surface area contributed by atoms with Crippen molar-refractivity contribution in [2.45, 2.75) is 71.6 Å². The van der Waals surface area contributed by atoms with Gasteiger partial charge in [0.2, 0.25) is 5.91 Å². The van der Waals surface area contributed by atoms with Crippen molar-refractivity contribution in [1.29, 1.82) is 0 Å². The Morgan fingerprint density at radius 2 is 2.00 bits per heavy atom. The second kappa shape index (κ2) is 7.50. The molecule has 0 aromatic carbocycles. The molecule has 1 amide bonds. The average Bonchev–Trinajstić information content (AvgIpc) is 2.79. The van der Waals surface area contributed by atoms with Gasteiger partial charge in [0.1, 0.15) is 4.83 Å². The van der Waals surface area contributed by atoms with Gasteiger partial charge in [-0.25, -0.2) is 4.98 Å². The molecule has 0 aliphatic heterocycles. The summed E-state index contributed by atoms with van der Waals surface area (Å²) in [5, 5.41) is 4.33. The molecule has 2 heterocycles. The van der Waals surface area contributed by atoms with Crippen LogP contribution in [0, 0.1) is 13.8 Å². The van der Waals surface area contributed by atoms with E-state index < -0.39 is 0 Å². The zero-order valence-corrected chi connectivity index (χ0v) is 17.7. The molecule has 0 unspecified atom stereocenters. The molecule has 25 heavy (non-hydrogen) atoms. The number of thioether (sulfide) groups is 1. The topological polar surface area (TPSA) is 64.0 Å². The molecule has 0 aliphatic rings. The summed E-state index contributed by atoms with van der Waals surface area (Å²) in [5.74, 6) is 0.206. The maximum Gasteiger partial charge on any atom is 0.263 e. The Morgan fingerprint density at radius 1 is 1.36 bits per heavy atom. The number of rotatable bonds is 6. The van der Waals surface area contributed by atoms with Gasteiger partial charge in [0.05, 0.1) is 11.1 Å². The molecular weight excluding hydrogens is 354 g/mol. The molecule has 0 spiro atoms. The molecule has 0 aliphatic carbocycles. The second-order valence-electron chi connectivity index (χ2n) is 7.20. The first-order valence-corrected chi connectivity index (χ1v) is 10.3. The number of nitrogens with zero attached hydrogens (tertiary/aromatic N) is 2. The minimum atomic E-state index is -0.227. The normalized spacial score (nSPS) is 12.2. The number of hydrogen-bond donors (Lipinski definition) is 1. The lowest BCUT2D eigenvalue weighted by Crippen LogP contribution is -2.43. The second-order valence-corrected chi connectivity index (χ2v) is 9.35. The van der Waals surface area contributed by atoms with Gasteiger partial charge in [-0.3, -0.25) is 14.2 Å². The average molecular weight is 382 g/mol. The maximum atomic E-state index is 13.0. The third kappa shape index (κ3) is 4.26. The highest BCUT2D eigenvalue weighted by Crippen LogP contribution is 2.29. The lowest BCUT2D eigenvalue weighted by atomic mass is 10.0. The van der Waals surface area contributed by atoms with Crippen molar-refractivity contribution in [1.82, 2.24) is 14.9 Å². The number of carbonyl (C=O) groups is 1. The van der Waals surface area contributed by atoms with Gasteiger partial charge in [-0.1, -0.05) is 18.7 Å². The summed E-state index contributed by atoms with van der Waals surface area (Å²) in [4.78, 5) is 31.8. The van der Waals surface area contributed by atoms with Gasteiger partial charge in [-0.2, -0.15) is 0 Å². The molecule has 2 aromatic rings. The molecule has 0 radical (unpaired) electrons. The Hall–Kier alpha value is -1.34. The predicted molar refractivity (Wildman–Crippen MR) is 107 cm³/mol. The van der Waals surface area contributed by atoms with E-state index in [9.17, 15) is 9.59 Å². The fourth-order valence-electron chi connectivity index (χ4n) is 2.48. The number of hydrogen-bond acceptors (Lipinski definition) is 5. The third-order valence-electron chi connectivity index (χ3n) is 4.41. The third-order valence-corrected chi connectivity index (χ3v) is 6.47. The maximum absolute atomic E-state index is 13.0. The molecule has 0 atom stereocenters. The minimum absolute atomic E-state index is 0.0124. The van der Waals surface area contributed by atoms with E-state index in [1.54, 1.807) is 4.57 Å². The first kappa shape index (κ1) is 20.0. The fourth-order valence-corrected chi connectivity index (χ4v) is 4.48. The molecule has 0 saturated carbocycles. The smallest absolute Gasteiger partial charge is 0.263 e. The van der Waals surface area contributed by atoms with Crippen molar-refractivity contribution in [3.63, 3.8) is 0 Å². The number of amides is 1. The quantitative estimate of drug-likeness (QED) is 0.605. The van der Waals surface area contributed by atoms with Crippen LogP contribution in [0.3, 0.4) is 0 Å². The van der Waals surface area contributed by atoms with Gasteiger partial charge < -0.3 is 5.32 Å². The molecular formula is C18H27N3O2S2. The van der Waals surface area contributed by atoms with E-state index in [0.717, 1.165) is 21.7 Å². The number of nitrogens with one attached hydrogen (secondary N) is 1. The summed E-state index contributed by atoms with van der Waals surface area (Å²) in [6.07, 6.45) is 0.859. The van der Waals surface area contributed by atoms with Crippen molar-refractivity contribution in [3.05, 3.63) is 20.8 Å². The summed E-state index contributed by atoms with van der Waals surface area (Å²) in [7, 11) is 0. The van der Waals surface area contributed by atoms with Crippen LogP contribution in [0.4, 0.5) is 0 Å². The van der Waals surface area contributed by atoms with Crippen molar-refractivity contribution >= 4 is 39.2 Å². The van der Waals surface area contributed by atoms with Crippen molar-refractivity contribution in [3.8, 4) is 0 Å². The molecule has 7 heteroatoms. The van der Waals surface area contributed by atoms with Gasteiger partial charge in [-0.05, 0) is 53.5 Å². The molecule has 1 N–H and O–H groups in total. The highest BCUT2D eigenvalue weighted by atomic mass is 32.2. The van der Waals surface area contributed by atoms with Crippen LogP contribution >= 0.6 is 23.1 Å². The van der Waals surface area contributed by atoms with E-state index in [2.05, 4.69) is 5.32 Å². The number of aryl methyl sites for hydroxylation is 2. The predicted octanol–water partition coefficient (Wildman–Crippen LogP) is 4.05. The van der Waals surface area contributed by atoms with E-state index in [1.165, 1.54) is 23.1 Å². The van der Waals surface area contributed by atoms with E-state index in [0.29, 0.717) is 10.5 Å². The van der Waals surface area contributed by atoms with Gasteiger partial charge in [0.25, 0.3) is 5.56 Å². The van der Waals surface area contributed by atoms with E-state index in [1.807, 2.05) is 48.5 Å². The number of thiophene rings is 1. The molecule has 2 rings (SSSR count). The lowest BCUT2D eigenvalue weighted by Gasteiger charge is -2.24. The highest BCUT2D eigenvalue weighted by Gasteiger charge is 2.21. The number of carbonyl (C=O) groups excluding carboxylic acids is 1. The van der Waals surface area contributed by atoms with E-state index in [-0.39, 0.29) is 28.8 Å². The Labute approximate surface area is 157 Å². The Kier molecular flexibility index (Phi) is 5.99. The van der Waals surface area contributed by atoms with Crippen molar-refractivity contribution in [2.24, 2.45) is 0 Å². The standard InChI is InChI=1S/C18H27N3O2S2/c1-8-18(6,7)20-13(22)9-24-17-19-15-14(11(4)12(5)25-15)16(23)21(17)10(2)3/h10H,8-9H2,1-7H3,(H,20,22). The van der Waals surface area contributed by atoms with E-state index >= 15 is 0 Å². The molecule has 0 bridgehead atoms. The molecule has 138 valence electrons. The summed E-state index contributed by atoms with van der Waals surface area (Å²) >= 11 is 2.86. The zero-order valence-electron chi connectivity index (χ0n) is 16.0. The summed E-state index contributed by atoms with van der Waals surface area (Å²) in [6, 6.07) is -0.0124. The van der Waals surface area contributed by atoms with Crippen LogP contribution < -0.4 is 10.9 Å². The first-order chi connectivity index (χ1) is 11.6. The van der Waals surface area contributed by atoms with Crippen LogP contribution in [-0.4, -0.2) is 26.8 Å². The van der Waals surface area contributed by atoms with Gasteiger partial charge in [-0.15, -0.1) is 11.3 Å². The molecule has 2 aromatic heterocycles. The highest BCUT2D eigenvalue weighted by molar-refractivity contribution is 7.99. The molecule has 0 saturated heterocycles. The molecule has 5 nitrogen and oxygen atoms in total. The number of fused-ring (bicyclic) bond motifs is 1. The Balaban J connectivity index is 2.36. The van der Waals surface area contributed by atoms with Crippen LogP contribution in [0.15, 0.2) is 9.95 Å². The zero-order chi connectivity index (χ0) is 18.9. The summed E-state index contributed by atoms with van der Waals surface area (Å²) in [6.45, 7) is 14.0. The fraction of sp³-hybridized carbons (Fsp3) is 0.611. The Bertz CT molecular complexity index is 850. The van der Waals surface area contributed by atoms with Crippen LogP contribution in [0.25, 0.3) is 10.2 Å². The van der Waals surface area contributed by atoms with Gasteiger partial charge in [0, 0.05) is 16.5 Å². The first-order valence-electron chi connectivity index (χ1n) is 8.53. The summed E-state index contributed by atoms with van der Waals surface area (Å²) < 4.78 is 1.70. The van der Waals surface area contributed by atoms with Crippen molar-refractivity contribution in [2.75, 3.05) is 5.75 Å². The number of aromatic nitrogens is 2. The minimum Gasteiger partial charge on any atom is -0.351 e.